The van der Waals surface area contributed by atoms with Crippen LogP contribution < -0.4 is 10.1 Å². The molecule has 2 aromatic heterocycles. The van der Waals surface area contributed by atoms with Crippen molar-refractivity contribution in [1.29, 1.82) is 0 Å². The molecular weight excluding hydrogens is 390 g/mol. The SMILES string of the molecule is CC(C)(C)c1cc(NC(=O)C2COc3ccc(Cl)cc3C2)n(-c2ncccn2)n1. The van der Waals surface area contributed by atoms with Crippen molar-refractivity contribution >= 4 is 23.3 Å². The molecule has 1 aliphatic heterocycles. The summed E-state index contributed by atoms with van der Waals surface area (Å²) in [4.78, 5) is 21.5. The van der Waals surface area contributed by atoms with Crippen LogP contribution in [-0.4, -0.2) is 32.3 Å². The van der Waals surface area contributed by atoms with Crippen molar-refractivity contribution in [2.45, 2.75) is 32.6 Å². The smallest absolute Gasteiger partial charge is 0.252 e. The van der Waals surface area contributed by atoms with Gasteiger partial charge in [-0.1, -0.05) is 32.4 Å². The number of halogens is 1. The normalized spacial score (nSPS) is 16.1. The van der Waals surface area contributed by atoms with Crippen LogP contribution in [0, 0.1) is 5.92 Å². The van der Waals surface area contributed by atoms with E-state index in [0.29, 0.717) is 29.8 Å². The molecule has 7 nitrogen and oxygen atoms in total. The minimum absolute atomic E-state index is 0.145. The lowest BCUT2D eigenvalue weighted by Gasteiger charge is -2.24. The van der Waals surface area contributed by atoms with E-state index >= 15 is 0 Å². The number of nitrogens with zero attached hydrogens (tertiary/aromatic N) is 4. The van der Waals surface area contributed by atoms with Crippen molar-refractivity contribution in [3.63, 3.8) is 0 Å². The topological polar surface area (TPSA) is 81.9 Å². The van der Waals surface area contributed by atoms with Crippen LogP contribution in [0.4, 0.5) is 5.82 Å². The van der Waals surface area contributed by atoms with Gasteiger partial charge in [-0.2, -0.15) is 9.78 Å². The van der Waals surface area contributed by atoms with E-state index in [2.05, 4.69) is 41.2 Å². The second-order valence-corrected chi connectivity index (χ2v) is 8.52. The van der Waals surface area contributed by atoms with Gasteiger partial charge in [0, 0.05) is 28.9 Å². The molecule has 150 valence electrons. The first-order valence-corrected chi connectivity index (χ1v) is 9.79. The maximum absolute atomic E-state index is 13.0. The van der Waals surface area contributed by atoms with Gasteiger partial charge in [0.1, 0.15) is 18.2 Å². The van der Waals surface area contributed by atoms with Gasteiger partial charge in [0.25, 0.3) is 5.95 Å². The van der Waals surface area contributed by atoms with E-state index in [1.807, 2.05) is 18.2 Å². The van der Waals surface area contributed by atoms with E-state index < -0.39 is 0 Å². The minimum Gasteiger partial charge on any atom is -0.492 e. The Bertz CT molecular complexity index is 1040. The standard InChI is InChI=1S/C21H22ClN5O2/c1-21(2,3)17-11-18(27(26-17)20-23-7-4-8-24-20)25-19(28)14-9-13-10-15(22)5-6-16(13)29-12-14/h4-8,10-11,14H,9,12H2,1-3H3,(H,25,28). The first-order valence-electron chi connectivity index (χ1n) is 9.41. The van der Waals surface area contributed by atoms with Crippen molar-refractivity contribution in [3.8, 4) is 11.7 Å². The molecule has 8 heteroatoms. The molecule has 1 aromatic carbocycles. The van der Waals surface area contributed by atoms with E-state index in [0.717, 1.165) is 17.0 Å². The van der Waals surface area contributed by atoms with Crippen LogP contribution in [0.1, 0.15) is 32.0 Å². The van der Waals surface area contributed by atoms with E-state index in [1.54, 1.807) is 29.2 Å². The summed E-state index contributed by atoms with van der Waals surface area (Å²) in [7, 11) is 0. The average molecular weight is 412 g/mol. The number of carbonyl (C=O) groups excluding carboxylic acids is 1. The Morgan fingerprint density at radius 1 is 1.24 bits per heavy atom. The van der Waals surface area contributed by atoms with Crippen LogP contribution in [-0.2, 0) is 16.6 Å². The van der Waals surface area contributed by atoms with E-state index in [1.165, 1.54) is 0 Å². The zero-order valence-corrected chi connectivity index (χ0v) is 17.3. The van der Waals surface area contributed by atoms with E-state index in [9.17, 15) is 4.79 Å². The van der Waals surface area contributed by atoms with Gasteiger partial charge in [-0.15, -0.1) is 0 Å². The zero-order valence-electron chi connectivity index (χ0n) is 16.5. The van der Waals surface area contributed by atoms with Crippen molar-refractivity contribution in [1.82, 2.24) is 19.7 Å². The molecule has 0 aliphatic carbocycles. The Hall–Kier alpha value is -2.93. The summed E-state index contributed by atoms with van der Waals surface area (Å²) in [6.07, 6.45) is 3.84. The molecule has 1 atom stereocenters. The highest BCUT2D eigenvalue weighted by Gasteiger charge is 2.28. The molecule has 0 spiro atoms. The summed E-state index contributed by atoms with van der Waals surface area (Å²) in [6.45, 7) is 6.49. The molecule has 0 saturated heterocycles. The van der Waals surface area contributed by atoms with E-state index in [4.69, 9.17) is 16.3 Å². The summed E-state index contributed by atoms with van der Waals surface area (Å²) in [5.74, 6) is 1.22. The molecule has 0 fully saturated rings. The Labute approximate surface area is 174 Å². The predicted octanol–water partition coefficient (Wildman–Crippen LogP) is 3.80. The third-order valence-electron chi connectivity index (χ3n) is 4.77. The third-order valence-corrected chi connectivity index (χ3v) is 5.01. The fourth-order valence-corrected chi connectivity index (χ4v) is 3.34. The summed E-state index contributed by atoms with van der Waals surface area (Å²) in [5, 5.41) is 8.24. The third kappa shape index (κ3) is 4.10. The van der Waals surface area contributed by atoms with Crippen molar-refractivity contribution < 1.29 is 9.53 Å². The van der Waals surface area contributed by atoms with Crippen LogP contribution in [0.3, 0.4) is 0 Å². The number of ether oxygens (including phenoxy) is 1. The molecule has 1 aliphatic rings. The lowest BCUT2D eigenvalue weighted by Crippen LogP contribution is -2.33. The van der Waals surface area contributed by atoms with Crippen LogP contribution in [0.15, 0.2) is 42.7 Å². The summed E-state index contributed by atoms with van der Waals surface area (Å²) >= 11 is 6.09. The largest absolute Gasteiger partial charge is 0.492 e. The van der Waals surface area contributed by atoms with Crippen LogP contribution in [0.5, 0.6) is 5.75 Å². The number of rotatable bonds is 3. The first-order chi connectivity index (χ1) is 13.8. The van der Waals surface area contributed by atoms with Crippen LogP contribution in [0.2, 0.25) is 5.02 Å². The molecule has 3 aromatic rings. The quantitative estimate of drug-likeness (QED) is 0.708. The highest BCUT2D eigenvalue weighted by atomic mass is 35.5. The lowest BCUT2D eigenvalue weighted by atomic mass is 9.92. The summed E-state index contributed by atoms with van der Waals surface area (Å²) in [6, 6.07) is 9.06. The number of amides is 1. The average Bonchev–Trinajstić information content (AvgIpc) is 3.12. The Kier molecular flexibility index (Phi) is 5.00. The fourth-order valence-electron chi connectivity index (χ4n) is 3.15. The summed E-state index contributed by atoms with van der Waals surface area (Å²) in [5.41, 5.74) is 1.57. The molecule has 3 heterocycles. The molecule has 0 radical (unpaired) electrons. The highest BCUT2D eigenvalue weighted by molar-refractivity contribution is 6.30. The summed E-state index contributed by atoms with van der Waals surface area (Å²) < 4.78 is 7.32. The number of anilines is 1. The molecule has 1 amide bonds. The molecular formula is C21H22ClN5O2. The van der Waals surface area contributed by atoms with Crippen molar-refractivity contribution in [3.05, 3.63) is 59.0 Å². The molecule has 1 N–H and O–H groups in total. The Morgan fingerprint density at radius 2 is 2.00 bits per heavy atom. The zero-order chi connectivity index (χ0) is 20.6. The molecule has 1 unspecified atom stereocenters. The maximum Gasteiger partial charge on any atom is 0.252 e. The number of hydrogen-bond donors (Lipinski definition) is 1. The van der Waals surface area contributed by atoms with E-state index in [-0.39, 0.29) is 17.2 Å². The van der Waals surface area contributed by atoms with Crippen molar-refractivity contribution in [2.24, 2.45) is 5.92 Å². The Morgan fingerprint density at radius 3 is 2.72 bits per heavy atom. The van der Waals surface area contributed by atoms with Crippen molar-refractivity contribution in [2.75, 3.05) is 11.9 Å². The highest BCUT2D eigenvalue weighted by Crippen LogP contribution is 2.31. The molecule has 0 bridgehead atoms. The number of fused-ring (bicyclic) bond motifs is 1. The van der Waals surface area contributed by atoms with Gasteiger partial charge in [-0.05, 0) is 36.2 Å². The monoisotopic (exact) mass is 411 g/mol. The number of carbonyl (C=O) groups is 1. The number of nitrogens with one attached hydrogen (secondary N) is 1. The van der Waals surface area contributed by atoms with Gasteiger partial charge < -0.3 is 10.1 Å². The van der Waals surface area contributed by atoms with Gasteiger partial charge >= 0.3 is 0 Å². The number of hydrogen-bond acceptors (Lipinski definition) is 5. The van der Waals surface area contributed by atoms with Gasteiger partial charge in [0.15, 0.2) is 0 Å². The molecule has 0 saturated carbocycles. The van der Waals surface area contributed by atoms with Crippen LogP contribution >= 0.6 is 11.6 Å². The molecule has 29 heavy (non-hydrogen) atoms. The van der Waals surface area contributed by atoms with Gasteiger partial charge in [0.05, 0.1) is 11.6 Å². The van der Waals surface area contributed by atoms with Crippen LogP contribution in [0.25, 0.3) is 5.95 Å². The second kappa shape index (κ2) is 7.48. The minimum atomic E-state index is -0.334. The molecule has 4 rings (SSSR count). The number of benzene rings is 1. The predicted molar refractivity (Wildman–Crippen MR) is 111 cm³/mol. The lowest BCUT2D eigenvalue weighted by molar-refractivity contribution is -0.121. The fraction of sp³-hybridized carbons (Fsp3) is 0.333. The van der Waals surface area contributed by atoms with Gasteiger partial charge in [-0.3, -0.25) is 4.79 Å². The second-order valence-electron chi connectivity index (χ2n) is 8.08. The number of aromatic nitrogens is 4. The van der Waals surface area contributed by atoms with Gasteiger partial charge in [0.2, 0.25) is 5.91 Å². The first kappa shape index (κ1) is 19.4. The van der Waals surface area contributed by atoms with Gasteiger partial charge in [-0.25, -0.2) is 9.97 Å². The Balaban J connectivity index is 1.60. The maximum atomic E-state index is 13.0.